The van der Waals surface area contributed by atoms with Crippen LogP contribution in [0.1, 0.15) is 60.7 Å². The standard InChI is InChI=1S/C21H24F3N3O/c22-21(23,24)28-19-9-5-4-8-16(19)13-27-11-10-18-17(14-27)12-25-20(26-18)15-6-2-1-3-7-15/h4-5,8-9,12,15H,1-3,6-7,10-11,13-14H2. The van der Waals surface area contributed by atoms with Gasteiger partial charge in [-0.15, -0.1) is 13.2 Å². The van der Waals surface area contributed by atoms with E-state index in [9.17, 15) is 13.2 Å². The molecule has 0 spiro atoms. The minimum absolute atomic E-state index is 0.135. The first-order valence-electron chi connectivity index (χ1n) is 9.88. The SMILES string of the molecule is FC(F)(F)Oc1ccccc1CN1CCc2nc(C3CCCCC3)ncc2C1. The smallest absolute Gasteiger partial charge is 0.405 e. The second-order valence-corrected chi connectivity index (χ2v) is 7.65. The maximum absolute atomic E-state index is 12.6. The van der Waals surface area contributed by atoms with Crippen LogP contribution in [0, 0.1) is 0 Å². The molecular formula is C21H24F3N3O. The minimum Gasteiger partial charge on any atom is -0.405 e. The summed E-state index contributed by atoms with van der Waals surface area (Å²) in [5, 5.41) is 0. The van der Waals surface area contributed by atoms with E-state index in [2.05, 4.69) is 14.6 Å². The van der Waals surface area contributed by atoms with Crippen LogP contribution in [0.25, 0.3) is 0 Å². The van der Waals surface area contributed by atoms with Crippen LogP contribution in [-0.2, 0) is 19.5 Å². The van der Waals surface area contributed by atoms with Crippen LogP contribution in [-0.4, -0.2) is 27.8 Å². The highest BCUT2D eigenvalue weighted by Gasteiger charge is 2.32. The summed E-state index contributed by atoms with van der Waals surface area (Å²) in [4.78, 5) is 11.6. The lowest BCUT2D eigenvalue weighted by Crippen LogP contribution is -2.31. The van der Waals surface area contributed by atoms with Gasteiger partial charge in [0.05, 0.1) is 0 Å². The fourth-order valence-electron chi connectivity index (χ4n) is 4.18. The number of para-hydroxylation sites is 1. The van der Waals surface area contributed by atoms with Gasteiger partial charge >= 0.3 is 6.36 Å². The van der Waals surface area contributed by atoms with Gasteiger partial charge in [0.15, 0.2) is 0 Å². The Hall–Kier alpha value is -2.15. The number of ether oxygens (including phenoxy) is 1. The van der Waals surface area contributed by atoms with Gasteiger partial charge < -0.3 is 4.74 Å². The molecule has 0 N–H and O–H groups in total. The first-order valence-corrected chi connectivity index (χ1v) is 9.88. The molecule has 150 valence electrons. The third-order valence-electron chi connectivity index (χ3n) is 5.59. The summed E-state index contributed by atoms with van der Waals surface area (Å²) >= 11 is 0. The average molecular weight is 391 g/mol. The number of halogens is 3. The Morgan fingerprint density at radius 2 is 1.89 bits per heavy atom. The summed E-state index contributed by atoms with van der Waals surface area (Å²) in [5.74, 6) is 1.31. The number of benzene rings is 1. The van der Waals surface area contributed by atoms with Gasteiger partial charge in [0.1, 0.15) is 11.6 Å². The molecule has 2 aromatic rings. The number of alkyl halides is 3. The van der Waals surface area contributed by atoms with Crippen LogP contribution in [0.2, 0.25) is 0 Å². The molecule has 0 bridgehead atoms. The molecule has 0 atom stereocenters. The Labute approximate surface area is 162 Å². The maximum atomic E-state index is 12.6. The zero-order valence-corrected chi connectivity index (χ0v) is 15.7. The van der Waals surface area contributed by atoms with Crippen molar-refractivity contribution in [2.45, 2.75) is 63.9 Å². The molecule has 1 aromatic heterocycles. The van der Waals surface area contributed by atoms with Gasteiger partial charge in [-0.3, -0.25) is 4.90 Å². The lowest BCUT2D eigenvalue weighted by Gasteiger charge is -2.29. The van der Waals surface area contributed by atoms with Gasteiger partial charge in [-0.25, -0.2) is 9.97 Å². The van der Waals surface area contributed by atoms with Crippen molar-refractivity contribution in [3.63, 3.8) is 0 Å². The van der Waals surface area contributed by atoms with E-state index in [1.54, 1.807) is 18.2 Å². The second kappa shape index (κ2) is 8.07. The lowest BCUT2D eigenvalue weighted by molar-refractivity contribution is -0.275. The Morgan fingerprint density at radius 1 is 1.11 bits per heavy atom. The summed E-state index contributed by atoms with van der Waals surface area (Å²) < 4.78 is 42.1. The lowest BCUT2D eigenvalue weighted by atomic mass is 9.88. The summed E-state index contributed by atoms with van der Waals surface area (Å²) in [7, 11) is 0. The number of nitrogens with zero attached hydrogens (tertiary/aromatic N) is 3. The van der Waals surface area contributed by atoms with Gasteiger partial charge in [0, 0.05) is 55.0 Å². The maximum Gasteiger partial charge on any atom is 0.573 e. The molecule has 1 saturated carbocycles. The van der Waals surface area contributed by atoms with Crippen molar-refractivity contribution in [1.29, 1.82) is 0 Å². The van der Waals surface area contributed by atoms with Crippen molar-refractivity contribution in [2.75, 3.05) is 6.54 Å². The van der Waals surface area contributed by atoms with Crippen LogP contribution in [0.5, 0.6) is 5.75 Å². The van der Waals surface area contributed by atoms with E-state index in [-0.39, 0.29) is 5.75 Å². The number of aromatic nitrogens is 2. The van der Waals surface area contributed by atoms with Gasteiger partial charge in [-0.1, -0.05) is 37.5 Å². The molecule has 2 aliphatic rings. The van der Waals surface area contributed by atoms with Crippen LogP contribution in [0.4, 0.5) is 13.2 Å². The van der Waals surface area contributed by atoms with Crippen LogP contribution < -0.4 is 4.74 Å². The molecule has 4 nitrogen and oxygen atoms in total. The van der Waals surface area contributed by atoms with Crippen molar-refractivity contribution >= 4 is 0 Å². The predicted octanol–water partition coefficient (Wildman–Crippen LogP) is 4.98. The Morgan fingerprint density at radius 3 is 2.68 bits per heavy atom. The largest absolute Gasteiger partial charge is 0.573 e. The molecule has 1 fully saturated rings. The van der Waals surface area contributed by atoms with E-state index in [1.165, 1.54) is 38.2 Å². The second-order valence-electron chi connectivity index (χ2n) is 7.65. The van der Waals surface area contributed by atoms with E-state index < -0.39 is 6.36 Å². The number of rotatable bonds is 4. The normalized spacial score (nSPS) is 18.7. The first kappa shape index (κ1) is 19.2. The number of hydrogen-bond acceptors (Lipinski definition) is 4. The van der Waals surface area contributed by atoms with Crippen LogP contribution in [0.15, 0.2) is 30.5 Å². The van der Waals surface area contributed by atoms with Gasteiger partial charge in [-0.2, -0.15) is 0 Å². The van der Waals surface area contributed by atoms with E-state index in [0.29, 0.717) is 24.6 Å². The van der Waals surface area contributed by atoms with Crippen LogP contribution >= 0.6 is 0 Å². The van der Waals surface area contributed by atoms with Crippen molar-refractivity contribution in [3.8, 4) is 5.75 Å². The van der Waals surface area contributed by atoms with E-state index in [0.717, 1.165) is 30.0 Å². The molecule has 28 heavy (non-hydrogen) atoms. The highest BCUT2D eigenvalue weighted by Crippen LogP contribution is 2.32. The fraction of sp³-hybridized carbons (Fsp3) is 0.524. The summed E-state index contributed by atoms with van der Waals surface area (Å²) in [5.41, 5.74) is 2.69. The predicted molar refractivity (Wildman–Crippen MR) is 98.8 cm³/mol. The highest BCUT2D eigenvalue weighted by atomic mass is 19.4. The van der Waals surface area contributed by atoms with Gasteiger partial charge in [0.2, 0.25) is 0 Å². The summed E-state index contributed by atoms with van der Waals surface area (Å²) in [6, 6.07) is 6.33. The van der Waals surface area contributed by atoms with Crippen LogP contribution in [0.3, 0.4) is 0 Å². The Balaban J connectivity index is 1.45. The molecule has 4 rings (SSSR count). The number of hydrogen-bond donors (Lipinski definition) is 0. The highest BCUT2D eigenvalue weighted by molar-refractivity contribution is 5.34. The zero-order valence-electron chi connectivity index (χ0n) is 15.7. The van der Waals surface area contributed by atoms with Crippen molar-refractivity contribution < 1.29 is 17.9 Å². The Bertz CT molecular complexity index is 819. The molecule has 1 aromatic carbocycles. The molecule has 0 saturated heterocycles. The Kier molecular flexibility index (Phi) is 5.53. The first-order chi connectivity index (χ1) is 13.5. The number of fused-ring (bicyclic) bond motifs is 1. The summed E-state index contributed by atoms with van der Waals surface area (Å²) in [6.45, 7) is 1.80. The van der Waals surface area contributed by atoms with Crippen molar-refractivity contribution in [3.05, 3.63) is 53.1 Å². The van der Waals surface area contributed by atoms with E-state index >= 15 is 0 Å². The topological polar surface area (TPSA) is 38.2 Å². The molecule has 7 heteroatoms. The zero-order chi connectivity index (χ0) is 19.6. The molecule has 1 aliphatic heterocycles. The van der Waals surface area contributed by atoms with Crippen molar-refractivity contribution in [2.24, 2.45) is 0 Å². The molecular weight excluding hydrogens is 367 g/mol. The quantitative estimate of drug-likeness (QED) is 0.737. The third kappa shape index (κ3) is 4.63. The average Bonchev–Trinajstić information content (AvgIpc) is 2.69. The van der Waals surface area contributed by atoms with Gasteiger partial charge in [-0.05, 0) is 18.9 Å². The van der Waals surface area contributed by atoms with E-state index in [4.69, 9.17) is 4.98 Å². The molecule has 0 amide bonds. The minimum atomic E-state index is -4.69. The monoisotopic (exact) mass is 391 g/mol. The fourth-order valence-corrected chi connectivity index (χ4v) is 4.18. The molecule has 1 aliphatic carbocycles. The molecule has 0 radical (unpaired) electrons. The molecule has 2 heterocycles. The molecule has 0 unspecified atom stereocenters. The third-order valence-corrected chi connectivity index (χ3v) is 5.59. The van der Waals surface area contributed by atoms with Gasteiger partial charge in [0.25, 0.3) is 0 Å². The summed E-state index contributed by atoms with van der Waals surface area (Å²) in [6.07, 6.45) is 4.15. The van der Waals surface area contributed by atoms with E-state index in [1.807, 2.05) is 6.20 Å². The van der Waals surface area contributed by atoms with Crippen molar-refractivity contribution in [1.82, 2.24) is 14.9 Å².